The number of carbonyl (C=O) groups is 3. The number of carbonyl (C=O) groups excluding carboxylic acids is 3. The molecule has 0 atom stereocenters. The van der Waals surface area contributed by atoms with Crippen LogP contribution < -0.4 is 16.0 Å². The highest BCUT2D eigenvalue weighted by atomic mass is 32.2. The van der Waals surface area contributed by atoms with E-state index in [1.54, 1.807) is 36.5 Å². The van der Waals surface area contributed by atoms with Crippen LogP contribution in [0.1, 0.15) is 79.1 Å². The third-order valence-electron chi connectivity index (χ3n) is 6.20. The number of imide groups is 1. The number of nitro benzene ring substituents is 1. The van der Waals surface area contributed by atoms with Crippen molar-refractivity contribution in [1.82, 2.24) is 15.6 Å². The molecule has 1 heterocycles. The van der Waals surface area contributed by atoms with Crippen LogP contribution >= 0.6 is 11.8 Å². The highest BCUT2D eigenvalue weighted by molar-refractivity contribution is 7.99. The van der Waals surface area contributed by atoms with Crippen molar-refractivity contribution >= 4 is 41.0 Å². The number of anilines is 1. The van der Waals surface area contributed by atoms with Crippen molar-refractivity contribution in [2.24, 2.45) is 0 Å². The number of hydrogen-bond donors (Lipinski definition) is 3. The molecule has 3 rings (SSSR count). The van der Waals surface area contributed by atoms with Gasteiger partial charge < -0.3 is 10.6 Å². The number of amides is 4. The smallest absolute Gasteiger partial charge is 0.326 e. The molecule has 41 heavy (non-hydrogen) atoms. The first-order valence-electron chi connectivity index (χ1n) is 13.7. The van der Waals surface area contributed by atoms with Crippen LogP contribution in [0.25, 0.3) is 0 Å². The van der Waals surface area contributed by atoms with E-state index < -0.39 is 16.9 Å². The molecule has 2 aromatic carbocycles. The van der Waals surface area contributed by atoms with Crippen molar-refractivity contribution < 1.29 is 19.3 Å². The van der Waals surface area contributed by atoms with Gasteiger partial charge in [-0.05, 0) is 48.9 Å². The van der Waals surface area contributed by atoms with Gasteiger partial charge in [-0.1, -0.05) is 75.8 Å². The molecule has 0 saturated carbocycles. The molecule has 0 fully saturated rings. The van der Waals surface area contributed by atoms with Crippen molar-refractivity contribution in [3.8, 4) is 0 Å². The molecule has 3 aromatic rings. The second-order valence-electron chi connectivity index (χ2n) is 9.42. The molecule has 216 valence electrons. The quantitative estimate of drug-likeness (QED) is 0.100. The first-order chi connectivity index (χ1) is 19.9. The number of rotatable bonds is 15. The molecule has 1 aromatic heterocycles. The number of aromatic nitrogens is 1. The van der Waals surface area contributed by atoms with Crippen molar-refractivity contribution in [3.05, 3.63) is 88.2 Å². The van der Waals surface area contributed by atoms with Crippen LogP contribution in [0.15, 0.2) is 76.7 Å². The lowest BCUT2D eigenvalue weighted by atomic mass is 10.1. The summed E-state index contributed by atoms with van der Waals surface area (Å²) in [5.74, 6) is -1.08. The minimum atomic E-state index is -0.877. The molecule has 0 aliphatic rings. The van der Waals surface area contributed by atoms with Crippen molar-refractivity contribution in [2.45, 2.75) is 68.1 Å². The Hall–Kier alpha value is -4.25. The van der Waals surface area contributed by atoms with E-state index in [4.69, 9.17) is 0 Å². The molecular formula is C30H35N5O5S. The lowest BCUT2D eigenvalue weighted by molar-refractivity contribution is -0.385. The van der Waals surface area contributed by atoms with Gasteiger partial charge in [-0.3, -0.25) is 30.0 Å². The molecule has 0 aliphatic carbocycles. The van der Waals surface area contributed by atoms with E-state index in [0.29, 0.717) is 17.9 Å². The Balaban J connectivity index is 1.44. The summed E-state index contributed by atoms with van der Waals surface area (Å²) in [7, 11) is 0. The lowest BCUT2D eigenvalue weighted by Crippen LogP contribution is -2.34. The summed E-state index contributed by atoms with van der Waals surface area (Å²) < 4.78 is 0. The van der Waals surface area contributed by atoms with E-state index in [2.05, 4.69) is 27.9 Å². The van der Waals surface area contributed by atoms with Gasteiger partial charge in [0.2, 0.25) is 0 Å². The van der Waals surface area contributed by atoms with E-state index in [0.717, 1.165) is 22.6 Å². The second kappa shape index (κ2) is 16.8. The lowest BCUT2D eigenvalue weighted by Gasteiger charge is -2.09. The Morgan fingerprint density at radius 1 is 0.854 bits per heavy atom. The number of nitrogens with zero attached hydrogens (tertiary/aromatic N) is 2. The molecule has 4 amide bonds. The zero-order chi connectivity index (χ0) is 29.5. The average molecular weight is 578 g/mol. The maximum absolute atomic E-state index is 12.5. The topological polar surface area (TPSA) is 143 Å². The third kappa shape index (κ3) is 10.7. The largest absolute Gasteiger partial charge is 0.351 e. The van der Waals surface area contributed by atoms with Crippen LogP contribution in [0, 0.1) is 10.1 Å². The summed E-state index contributed by atoms with van der Waals surface area (Å²) in [4.78, 5) is 53.5. The van der Waals surface area contributed by atoms with Gasteiger partial charge in [0.25, 0.3) is 17.5 Å². The van der Waals surface area contributed by atoms with E-state index in [1.165, 1.54) is 74.6 Å². The minimum absolute atomic E-state index is 0.198. The van der Waals surface area contributed by atoms with E-state index in [9.17, 15) is 24.5 Å². The first-order valence-corrected chi connectivity index (χ1v) is 14.6. The van der Waals surface area contributed by atoms with Gasteiger partial charge in [0.15, 0.2) is 0 Å². The third-order valence-corrected chi connectivity index (χ3v) is 7.20. The van der Waals surface area contributed by atoms with Gasteiger partial charge in [-0.25, -0.2) is 4.79 Å². The molecule has 11 heteroatoms. The zero-order valence-corrected chi connectivity index (χ0v) is 23.9. The van der Waals surface area contributed by atoms with Gasteiger partial charge in [0.05, 0.1) is 4.92 Å². The van der Waals surface area contributed by atoms with Gasteiger partial charge in [0.1, 0.15) is 11.3 Å². The summed E-state index contributed by atoms with van der Waals surface area (Å²) in [6, 6.07) is 15.0. The molecule has 0 radical (unpaired) electrons. The van der Waals surface area contributed by atoms with E-state index >= 15 is 0 Å². The van der Waals surface area contributed by atoms with Gasteiger partial charge in [-0.2, -0.15) is 0 Å². The molecule has 0 spiro atoms. The number of urea groups is 1. The monoisotopic (exact) mass is 577 g/mol. The molecule has 0 aliphatic heterocycles. The average Bonchev–Trinajstić information content (AvgIpc) is 2.97. The predicted molar refractivity (Wildman–Crippen MR) is 159 cm³/mol. The first kappa shape index (κ1) is 31.3. The summed E-state index contributed by atoms with van der Waals surface area (Å²) in [6.45, 7) is 2.84. The fraction of sp³-hybridized carbons (Fsp3) is 0.333. The Bertz CT molecular complexity index is 1330. The van der Waals surface area contributed by atoms with Crippen LogP contribution in [-0.2, 0) is 0 Å². The highest BCUT2D eigenvalue weighted by Crippen LogP contribution is 2.28. The van der Waals surface area contributed by atoms with Crippen LogP contribution in [0.4, 0.5) is 16.2 Å². The van der Waals surface area contributed by atoms with Crippen LogP contribution in [-0.4, -0.2) is 34.3 Å². The highest BCUT2D eigenvalue weighted by Gasteiger charge is 2.20. The fourth-order valence-electron chi connectivity index (χ4n) is 4.05. The zero-order valence-electron chi connectivity index (χ0n) is 23.1. The summed E-state index contributed by atoms with van der Waals surface area (Å²) in [6.07, 6.45) is 11.2. The number of pyridine rings is 1. The number of unbranched alkanes of at least 4 members (excludes halogenated alkanes) is 7. The Morgan fingerprint density at radius 3 is 2.24 bits per heavy atom. The molecular weight excluding hydrogens is 542 g/mol. The summed E-state index contributed by atoms with van der Waals surface area (Å²) in [5, 5.41) is 18.7. The maximum Gasteiger partial charge on any atom is 0.326 e. The predicted octanol–water partition coefficient (Wildman–Crippen LogP) is 6.97. The fourth-order valence-corrected chi connectivity index (χ4v) is 4.89. The van der Waals surface area contributed by atoms with Crippen molar-refractivity contribution in [3.63, 3.8) is 0 Å². The minimum Gasteiger partial charge on any atom is -0.351 e. The van der Waals surface area contributed by atoms with Gasteiger partial charge in [0, 0.05) is 34.3 Å². The Labute approximate surface area is 243 Å². The number of benzene rings is 2. The molecule has 3 N–H and O–H groups in total. The second-order valence-corrected chi connectivity index (χ2v) is 10.6. The number of hydrogen-bond acceptors (Lipinski definition) is 7. The standard InChI is InChI=1S/C30H35N5O5S/c1-2-3-4-5-6-7-8-11-19-32-29(37)26-21-24(18-20-31-26)41-23-16-14-22(15-17-23)33-30(38)34-28(36)25-12-9-10-13-27(25)35(39)40/h9-10,12-18,20-21H,2-8,11,19H2,1H3,(H,32,37)(H2,33,34,36,38). The molecule has 0 bridgehead atoms. The van der Waals surface area contributed by atoms with Crippen LogP contribution in [0.5, 0.6) is 0 Å². The Morgan fingerprint density at radius 2 is 1.54 bits per heavy atom. The number of para-hydroxylation sites is 1. The summed E-state index contributed by atoms with van der Waals surface area (Å²) in [5.41, 5.74) is 0.184. The van der Waals surface area contributed by atoms with E-state index in [1.807, 2.05) is 6.07 Å². The maximum atomic E-state index is 12.5. The van der Waals surface area contributed by atoms with Crippen LogP contribution in [0.2, 0.25) is 0 Å². The van der Waals surface area contributed by atoms with Crippen molar-refractivity contribution in [2.75, 3.05) is 11.9 Å². The number of nitrogens with one attached hydrogen (secondary N) is 3. The van der Waals surface area contributed by atoms with Gasteiger partial charge in [-0.15, -0.1) is 0 Å². The van der Waals surface area contributed by atoms with Crippen molar-refractivity contribution in [1.29, 1.82) is 0 Å². The SMILES string of the molecule is CCCCCCCCCCNC(=O)c1cc(Sc2ccc(NC(=O)NC(=O)c3ccccc3[N+](=O)[O-])cc2)ccn1. The van der Waals surface area contributed by atoms with Gasteiger partial charge >= 0.3 is 6.03 Å². The Kier molecular flexibility index (Phi) is 12.8. The number of nitro groups is 1. The summed E-state index contributed by atoms with van der Waals surface area (Å²) >= 11 is 1.44. The normalized spacial score (nSPS) is 10.6. The van der Waals surface area contributed by atoms with E-state index in [-0.39, 0.29) is 17.2 Å². The molecule has 0 saturated heterocycles. The molecule has 10 nitrogen and oxygen atoms in total. The van der Waals surface area contributed by atoms with Crippen LogP contribution in [0.3, 0.4) is 0 Å². The molecule has 0 unspecified atom stereocenters.